The maximum Gasteiger partial charge on any atom is 0.258 e. The zero-order valence-corrected chi connectivity index (χ0v) is 12.2. The number of H-pyrrole nitrogens is 1. The van der Waals surface area contributed by atoms with Gasteiger partial charge in [0.1, 0.15) is 0 Å². The van der Waals surface area contributed by atoms with Crippen molar-refractivity contribution in [3.05, 3.63) is 11.8 Å². The number of hydrogen-bond donors (Lipinski definition) is 3. The third-order valence-electron chi connectivity index (χ3n) is 4.31. The van der Waals surface area contributed by atoms with Crippen LogP contribution in [0.25, 0.3) is 0 Å². The molecule has 0 saturated carbocycles. The van der Waals surface area contributed by atoms with E-state index in [0.29, 0.717) is 11.6 Å². The highest BCUT2D eigenvalue weighted by atomic mass is 32.2. The van der Waals surface area contributed by atoms with E-state index in [9.17, 15) is 8.42 Å². The Hall–Kier alpha value is -0.960. The zero-order chi connectivity index (χ0) is 14.2. The number of rotatable bonds is 4. The van der Waals surface area contributed by atoms with E-state index in [1.54, 1.807) is 0 Å². The number of nitrogens with zero attached hydrogens (tertiary/aromatic N) is 2. The number of piperidine rings is 1. The van der Waals surface area contributed by atoms with Crippen molar-refractivity contribution in [2.75, 3.05) is 13.1 Å². The monoisotopic (exact) mass is 299 g/mol. The van der Waals surface area contributed by atoms with Gasteiger partial charge in [0, 0.05) is 24.2 Å². The maximum atomic E-state index is 12.4. The predicted molar refractivity (Wildman–Crippen MR) is 74.4 cm³/mol. The lowest BCUT2D eigenvalue weighted by atomic mass is 9.99. The third kappa shape index (κ3) is 2.60. The molecule has 0 aliphatic carbocycles. The molecule has 2 saturated heterocycles. The Bertz CT molecular complexity index is 570. The number of hydrogen-bond acceptors (Lipinski definition) is 5. The highest BCUT2D eigenvalue weighted by Crippen LogP contribution is 2.27. The van der Waals surface area contributed by atoms with E-state index >= 15 is 0 Å². The number of fused-ring (bicyclic) bond motifs is 1. The average Bonchev–Trinajstić information content (AvgIpc) is 3.06. The number of sulfonamides is 1. The van der Waals surface area contributed by atoms with Crippen LogP contribution in [0.4, 0.5) is 0 Å². The second-order valence-electron chi connectivity index (χ2n) is 5.60. The molecule has 2 aliphatic rings. The van der Waals surface area contributed by atoms with Gasteiger partial charge < -0.3 is 10.6 Å². The van der Waals surface area contributed by atoms with Crippen LogP contribution in [0, 0.1) is 0 Å². The van der Waals surface area contributed by atoms with Crippen molar-refractivity contribution in [1.29, 1.82) is 0 Å². The van der Waals surface area contributed by atoms with Crippen LogP contribution in [-0.4, -0.2) is 48.7 Å². The smallest absolute Gasteiger partial charge is 0.258 e. The molecule has 0 radical (unpaired) electrons. The minimum atomic E-state index is -3.55. The fourth-order valence-corrected chi connectivity index (χ4v) is 4.71. The lowest BCUT2D eigenvalue weighted by molar-refractivity contribution is 0.176. The molecule has 0 amide bonds. The fraction of sp³-hybridized carbons (Fsp3) is 0.750. The van der Waals surface area contributed by atoms with Crippen LogP contribution in [-0.2, 0) is 16.6 Å². The Kier molecular flexibility index (Phi) is 3.80. The summed E-state index contributed by atoms with van der Waals surface area (Å²) in [5.74, 6) is 0. The first-order valence-electron chi connectivity index (χ1n) is 7.09. The molecule has 2 fully saturated rings. The molecule has 2 unspecified atom stereocenters. The SMILES string of the molecule is NCc1cn[nH]c1S(=O)(=O)NC1CCN2CCCC2C1. The van der Waals surface area contributed by atoms with Crippen LogP contribution in [0.5, 0.6) is 0 Å². The lowest BCUT2D eigenvalue weighted by Gasteiger charge is -2.34. The number of nitrogens with two attached hydrogens (primary N) is 1. The minimum Gasteiger partial charge on any atom is -0.326 e. The van der Waals surface area contributed by atoms with Crippen molar-refractivity contribution < 1.29 is 8.42 Å². The van der Waals surface area contributed by atoms with Gasteiger partial charge in [-0.15, -0.1) is 0 Å². The highest BCUT2D eigenvalue weighted by Gasteiger charge is 2.34. The van der Waals surface area contributed by atoms with Crippen molar-refractivity contribution in [3.8, 4) is 0 Å². The summed E-state index contributed by atoms with van der Waals surface area (Å²) in [6, 6.07) is 0.542. The molecule has 3 rings (SSSR count). The molecule has 8 heteroatoms. The van der Waals surface area contributed by atoms with Crippen molar-refractivity contribution in [2.45, 2.75) is 49.3 Å². The summed E-state index contributed by atoms with van der Waals surface area (Å²) >= 11 is 0. The van der Waals surface area contributed by atoms with E-state index in [0.717, 1.165) is 25.9 Å². The van der Waals surface area contributed by atoms with Gasteiger partial charge in [0.25, 0.3) is 10.0 Å². The lowest BCUT2D eigenvalue weighted by Crippen LogP contribution is -2.47. The van der Waals surface area contributed by atoms with Crippen LogP contribution < -0.4 is 10.5 Å². The van der Waals surface area contributed by atoms with Crippen molar-refractivity contribution in [1.82, 2.24) is 19.8 Å². The van der Waals surface area contributed by atoms with Gasteiger partial charge in [0.15, 0.2) is 5.03 Å². The van der Waals surface area contributed by atoms with Gasteiger partial charge in [0.05, 0.1) is 6.20 Å². The molecular weight excluding hydrogens is 278 g/mol. The van der Waals surface area contributed by atoms with E-state index in [1.807, 2.05) is 0 Å². The van der Waals surface area contributed by atoms with Gasteiger partial charge in [-0.3, -0.25) is 5.10 Å². The van der Waals surface area contributed by atoms with E-state index in [2.05, 4.69) is 19.8 Å². The molecule has 2 atom stereocenters. The summed E-state index contributed by atoms with van der Waals surface area (Å²) in [6.45, 7) is 2.29. The summed E-state index contributed by atoms with van der Waals surface area (Å²) in [4.78, 5) is 2.46. The summed E-state index contributed by atoms with van der Waals surface area (Å²) in [7, 11) is -3.55. The van der Waals surface area contributed by atoms with Crippen molar-refractivity contribution in [3.63, 3.8) is 0 Å². The van der Waals surface area contributed by atoms with Gasteiger partial charge in [-0.05, 0) is 38.8 Å². The normalized spacial score (nSPS) is 27.6. The van der Waals surface area contributed by atoms with E-state index in [4.69, 9.17) is 5.73 Å². The van der Waals surface area contributed by atoms with Crippen molar-refractivity contribution >= 4 is 10.0 Å². The molecule has 20 heavy (non-hydrogen) atoms. The predicted octanol–water partition coefficient (Wildman–Crippen LogP) is -0.226. The molecular formula is C12H21N5O2S. The summed E-state index contributed by atoms with van der Waals surface area (Å²) in [6.07, 6.45) is 5.62. The van der Waals surface area contributed by atoms with Gasteiger partial charge in [-0.1, -0.05) is 0 Å². The number of nitrogens with one attached hydrogen (secondary N) is 2. The summed E-state index contributed by atoms with van der Waals surface area (Å²) in [5, 5.41) is 6.42. The standard InChI is InChI=1S/C12H21N5O2S/c13-7-9-8-14-15-12(9)20(18,19)16-10-3-5-17-4-1-2-11(17)6-10/h8,10-11,16H,1-7,13H2,(H,14,15). The van der Waals surface area contributed by atoms with Crippen LogP contribution in [0.15, 0.2) is 11.2 Å². The Balaban J connectivity index is 1.71. The molecule has 1 aromatic heterocycles. The van der Waals surface area contributed by atoms with Crippen molar-refractivity contribution in [2.24, 2.45) is 5.73 Å². The van der Waals surface area contributed by atoms with Gasteiger partial charge in [-0.2, -0.15) is 5.10 Å². The second kappa shape index (κ2) is 5.44. The van der Waals surface area contributed by atoms with E-state index in [-0.39, 0.29) is 17.6 Å². The average molecular weight is 299 g/mol. The zero-order valence-electron chi connectivity index (χ0n) is 11.4. The van der Waals surface area contributed by atoms with Crippen LogP contribution >= 0.6 is 0 Å². The largest absolute Gasteiger partial charge is 0.326 e. The highest BCUT2D eigenvalue weighted by molar-refractivity contribution is 7.89. The first-order chi connectivity index (χ1) is 9.60. The summed E-state index contributed by atoms with van der Waals surface area (Å²) < 4.78 is 27.6. The molecule has 7 nitrogen and oxygen atoms in total. The Morgan fingerprint density at radius 1 is 1.45 bits per heavy atom. The maximum absolute atomic E-state index is 12.4. The number of aromatic nitrogens is 2. The molecule has 0 spiro atoms. The Morgan fingerprint density at radius 3 is 3.10 bits per heavy atom. The van der Waals surface area contributed by atoms with Gasteiger partial charge in [-0.25, -0.2) is 13.1 Å². The quantitative estimate of drug-likeness (QED) is 0.712. The van der Waals surface area contributed by atoms with Gasteiger partial charge >= 0.3 is 0 Å². The van der Waals surface area contributed by atoms with Crippen LogP contribution in [0.2, 0.25) is 0 Å². The summed E-state index contributed by atoms with van der Waals surface area (Å²) in [5.41, 5.74) is 6.06. The van der Waals surface area contributed by atoms with E-state index < -0.39 is 10.0 Å². The molecule has 0 aromatic carbocycles. The Labute approximate surface area is 119 Å². The molecule has 1 aromatic rings. The third-order valence-corrected chi connectivity index (χ3v) is 5.84. The van der Waals surface area contributed by atoms with E-state index in [1.165, 1.54) is 19.0 Å². The fourth-order valence-electron chi connectivity index (χ4n) is 3.29. The molecule has 4 N–H and O–H groups in total. The molecule has 3 heterocycles. The topological polar surface area (TPSA) is 104 Å². The molecule has 0 bridgehead atoms. The molecule has 2 aliphatic heterocycles. The molecule has 112 valence electrons. The first-order valence-corrected chi connectivity index (χ1v) is 8.57. The first kappa shape index (κ1) is 14.0. The number of aromatic amines is 1. The van der Waals surface area contributed by atoms with Gasteiger partial charge in [0.2, 0.25) is 0 Å². The minimum absolute atomic E-state index is 0.00766. The van der Waals surface area contributed by atoms with Crippen LogP contribution in [0.3, 0.4) is 0 Å². The second-order valence-corrected chi connectivity index (χ2v) is 7.25. The Morgan fingerprint density at radius 2 is 2.30 bits per heavy atom. The van der Waals surface area contributed by atoms with Crippen LogP contribution in [0.1, 0.15) is 31.2 Å².